The Morgan fingerprint density at radius 1 is 1.33 bits per heavy atom. The number of amides is 1. The molecule has 0 bridgehead atoms. The molecule has 0 aliphatic rings. The third kappa shape index (κ3) is 4.21. The summed E-state index contributed by atoms with van der Waals surface area (Å²) < 4.78 is 5.32. The average Bonchev–Trinajstić information content (AvgIpc) is 2.51. The van der Waals surface area contributed by atoms with Crippen molar-refractivity contribution in [2.75, 3.05) is 20.2 Å². The van der Waals surface area contributed by atoms with E-state index in [0.29, 0.717) is 13.1 Å². The van der Waals surface area contributed by atoms with Gasteiger partial charge in [0.15, 0.2) is 0 Å². The van der Waals surface area contributed by atoms with E-state index in [-0.39, 0.29) is 5.91 Å². The summed E-state index contributed by atoms with van der Waals surface area (Å²) in [6.45, 7) is 7.06. The zero-order valence-corrected chi connectivity index (χ0v) is 13.7. The van der Waals surface area contributed by atoms with Gasteiger partial charge in [0, 0.05) is 13.1 Å². The predicted octanol–water partition coefficient (Wildman–Crippen LogP) is 2.43. The molecule has 1 amide bonds. The molecule has 1 aromatic carbocycles. The van der Waals surface area contributed by atoms with Crippen LogP contribution in [0.2, 0.25) is 0 Å². The first-order chi connectivity index (χ1) is 10.0. The van der Waals surface area contributed by atoms with Gasteiger partial charge in [-0.3, -0.25) is 4.79 Å². The summed E-state index contributed by atoms with van der Waals surface area (Å²) in [5, 5.41) is 3.02. The molecule has 4 nitrogen and oxygen atoms in total. The maximum atomic E-state index is 12.3. The number of aryl methyl sites for hydroxylation is 1. The van der Waals surface area contributed by atoms with E-state index in [1.54, 1.807) is 7.11 Å². The van der Waals surface area contributed by atoms with Crippen molar-refractivity contribution in [2.24, 2.45) is 11.1 Å². The Morgan fingerprint density at radius 3 is 2.52 bits per heavy atom. The first-order valence-electron chi connectivity index (χ1n) is 7.64. The van der Waals surface area contributed by atoms with Gasteiger partial charge in [-0.15, -0.1) is 0 Å². The SMILES string of the molecule is CCC(CC)(CN)C(=O)NCCc1ccc(C)c(OC)c1. The first-order valence-corrected chi connectivity index (χ1v) is 7.64. The van der Waals surface area contributed by atoms with Crippen LogP contribution in [0.1, 0.15) is 37.8 Å². The number of carbonyl (C=O) groups is 1. The quantitative estimate of drug-likeness (QED) is 0.773. The number of ether oxygens (including phenoxy) is 1. The van der Waals surface area contributed by atoms with E-state index in [1.807, 2.05) is 32.9 Å². The van der Waals surface area contributed by atoms with E-state index in [9.17, 15) is 4.79 Å². The molecule has 0 spiro atoms. The van der Waals surface area contributed by atoms with E-state index >= 15 is 0 Å². The number of benzene rings is 1. The summed E-state index contributed by atoms with van der Waals surface area (Å²) in [5.41, 5.74) is 7.64. The molecule has 4 heteroatoms. The molecule has 0 fully saturated rings. The minimum atomic E-state index is -0.426. The third-order valence-electron chi connectivity index (χ3n) is 4.40. The lowest BCUT2D eigenvalue weighted by Crippen LogP contribution is -2.45. The summed E-state index contributed by atoms with van der Waals surface area (Å²) in [6, 6.07) is 6.13. The smallest absolute Gasteiger partial charge is 0.227 e. The molecule has 118 valence electrons. The van der Waals surface area contributed by atoms with Crippen molar-refractivity contribution in [3.63, 3.8) is 0 Å². The number of hydrogen-bond acceptors (Lipinski definition) is 3. The average molecular weight is 292 g/mol. The zero-order chi connectivity index (χ0) is 15.9. The summed E-state index contributed by atoms with van der Waals surface area (Å²) in [5.74, 6) is 0.950. The second-order valence-electron chi connectivity index (χ2n) is 5.50. The predicted molar refractivity (Wildman–Crippen MR) is 86.5 cm³/mol. The van der Waals surface area contributed by atoms with E-state index in [1.165, 1.54) is 0 Å². The van der Waals surface area contributed by atoms with Crippen molar-refractivity contribution in [3.05, 3.63) is 29.3 Å². The van der Waals surface area contributed by atoms with Gasteiger partial charge >= 0.3 is 0 Å². The number of nitrogens with one attached hydrogen (secondary N) is 1. The lowest BCUT2D eigenvalue weighted by Gasteiger charge is -2.28. The monoisotopic (exact) mass is 292 g/mol. The second-order valence-corrected chi connectivity index (χ2v) is 5.50. The van der Waals surface area contributed by atoms with Gasteiger partial charge in [0.25, 0.3) is 0 Å². The van der Waals surface area contributed by atoms with Crippen LogP contribution in [0, 0.1) is 12.3 Å². The maximum absolute atomic E-state index is 12.3. The largest absolute Gasteiger partial charge is 0.496 e. The highest BCUT2D eigenvalue weighted by atomic mass is 16.5. The van der Waals surface area contributed by atoms with Gasteiger partial charge in [-0.2, -0.15) is 0 Å². The number of methoxy groups -OCH3 is 1. The molecule has 3 N–H and O–H groups in total. The van der Waals surface area contributed by atoms with Crippen LogP contribution in [0.3, 0.4) is 0 Å². The van der Waals surface area contributed by atoms with Crippen molar-refractivity contribution in [1.29, 1.82) is 0 Å². The van der Waals surface area contributed by atoms with Gasteiger partial charge < -0.3 is 15.8 Å². The van der Waals surface area contributed by atoms with Crippen molar-refractivity contribution in [3.8, 4) is 5.75 Å². The van der Waals surface area contributed by atoms with E-state index < -0.39 is 5.41 Å². The van der Waals surface area contributed by atoms with Crippen LogP contribution < -0.4 is 15.8 Å². The van der Waals surface area contributed by atoms with Crippen LogP contribution >= 0.6 is 0 Å². The Kier molecular flexibility index (Phi) is 6.69. The van der Waals surface area contributed by atoms with Gasteiger partial charge in [-0.05, 0) is 43.4 Å². The highest BCUT2D eigenvalue weighted by Crippen LogP contribution is 2.25. The number of nitrogens with two attached hydrogens (primary N) is 1. The Morgan fingerprint density at radius 2 is 2.00 bits per heavy atom. The fourth-order valence-electron chi connectivity index (χ4n) is 2.48. The van der Waals surface area contributed by atoms with E-state index in [2.05, 4.69) is 11.4 Å². The van der Waals surface area contributed by atoms with Crippen molar-refractivity contribution in [1.82, 2.24) is 5.32 Å². The Bertz CT molecular complexity index is 460. The molecule has 21 heavy (non-hydrogen) atoms. The first kappa shape index (κ1) is 17.5. The standard InChI is InChI=1S/C17H28N2O2/c1-5-17(6-2,12-18)16(20)19-10-9-14-8-7-13(3)15(11-14)21-4/h7-8,11H,5-6,9-10,12,18H2,1-4H3,(H,19,20). The molecule has 0 aliphatic heterocycles. The normalized spacial score (nSPS) is 11.3. The van der Waals surface area contributed by atoms with Crippen LogP contribution in [-0.2, 0) is 11.2 Å². The lowest BCUT2D eigenvalue weighted by molar-refractivity contribution is -0.131. The number of carbonyl (C=O) groups excluding carboxylic acids is 1. The van der Waals surface area contributed by atoms with Crippen molar-refractivity contribution >= 4 is 5.91 Å². The molecule has 0 aromatic heterocycles. The van der Waals surface area contributed by atoms with Crippen LogP contribution in [0.4, 0.5) is 0 Å². The highest BCUT2D eigenvalue weighted by Gasteiger charge is 2.32. The Balaban J connectivity index is 2.59. The summed E-state index contributed by atoms with van der Waals surface area (Å²) >= 11 is 0. The van der Waals surface area contributed by atoms with Crippen molar-refractivity contribution in [2.45, 2.75) is 40.0 Å². The zero-order valence-electron chi connectivity index (χ0n) is 13.7. The van der Waals surface area contributed by atoms with Crippen LogP contribution in [0.5, 0.6) is 5.75 Å². The maximum Gasteiger partial charge on any atom is 0.227 e. The highest BCUT2D eigenvalue weighted by molar-refractivity contribution is 5.82. The Hall–Kier alpha value is -1.55. The summed E-state index contributed by atoms with van der Waals surface area (Å²) in [4.78, 5) is 12.3. The van der Waals surface area contributed by atoms with Crippen LogP contribution in [-0.4, -0.2) is 26.1 Å². The summed E-state index contributed by atoms with van der Waals surface area (Å²) in [6.07, 6.45) is 2.32. The van der Waals surface area contributed by atoms with Gasteiger partial charge in [0.05, 0.1) is 12.5 Å². The van der Waals surface area contributed by atoms with Crippen LogP contribution in [0.25, 0.3) is 0 Å². The number of hydrogen-bond donors (Lipinski definition) is 2. The molecular weight excluding hydrogens is 264 g/mol. The van der Waals surface area contributed by atoms with Gasteiger partial charge in [0.2, 0.25) is 5.91 Å². The molecule has 1 rings (SSSR count). The minimum Gasteiger partial charge on any atom is -0.496 e. The van der Waals surface area contributed by atoms with Gasteiger partial charge in [0.1, 0.15) is 5.75 Å². The summed E-state index contributed by atoms with van der Waals surface area (Å²) in [7, 11) is 1.67. The minimum absolute atomic E-state index is 0.0640. The molecule has 1 aromatic rings. The molecule has 0 atom stereocenters. The van der Waals surface area contributed by atoms with E-state index in [4.69, 9.17) is 10.5 Å². The molecule has 0 saturated carbocycles. The molecule has 0 radical (unpaired) electrons. The van der Waals surface area contributed by atoms with Crippen LogP contribution in [0.15, 0.2) is 18.2 Å². The number of rotatable bonds is 8. The molecule has 0 saturated heterocycles. The fraction of sp³-hybridized carbons (Fsp3) is 0.588. The van der Waals surface area contributed by atoms with Gasteiger partial charge in [-0.25, -0.2) is 0 Å². The molecule has 0 unspecified atom stereocenters. The molecule has 0 heterocycles. The lowest BCUT2D eigenvalue weighted by atomic mass is 9.81. The molecular formula is C17H28N2O2. The van der Waals surface area contributed by atoms with Crippen molar-refractivity contribution < 1.29 is 9.53 Å². The second kappa shape index (κ2) is 8.03. The molecule has 0 aliphatic carbocycles. The topological polar surface area (TPSA) is 64.4 Å². The van der Waals surface area contributed by atoms with Gasteiger partial charge in [-0.1, -0.05) is 26.0 Å². The van der Waals surface area contributed by atoms with E-state index in [0.717, 1.165) is 36.1 Å². The fourth-order valence-corrected chi connectivity index (χ4v) is 2.48. The Labute approximate surface area is 128 Å². The third-order valence-corrected chi connectivity index (χ3v) is 4.40.